The van der Waals surface area contributed by atoms with Gasteiger partial charge in [0.15, 0.2) is 0 Å². The van der Waals surface area contributed by atoms with Crippen LogP contribution in [0.3, 0.4) is 0 Å². The Bertz CT molecular complexity index is 449. The second-order valence-electron chi connectivity index (χ2n) is 3.02. The van der Waals surface area contributed by atoms with E-state index in [2.05, 4.69) is 9.97 Å². The van der Waals surface area contributed by atoms with Crippen molar-refractivity contribution in [2.45, 2.75) is 6.92 Å². The van der Waals surface area contributed by atoms with E-state index in [1.807, 2.05) is 0 Å². The molecule has 1 aromatic heterocycles. The lowest BCUT2D eigenvalue weighted by atomic mass is 10.1. The van der Waals surface area contributed by atoms with Gasteiger partial charge in [-0.2, -0.15) is 0 Å². The highest BCUT2D eigenvalue weighted by atomic mass is 19.1. The molecule has 1 N–H and O–H groups in total. The van der Waals surface area contributed by atoms with Crippen molar-refractivity contribution >= 4 is 0 Å². The minimum Gasteiger partial charge on any atom is -0.344 e. The molecule has 0 unspecified atom stereocenters. The molecule has 72 valence electrons. The van der Waals surface area contributed by atoms with Gasteiger partial charge >= 0.3 is 0 Å². The number of imidazole rings is 1. The smallest absolute Gasteiger partial charge is 0.138 e. The lowest BCUT2D eigenvalue weighted by Gasteiger charge is -2.04. The Kier molecular flexibility index (Phi) is 2.04. The number of aromatic amines is 1. The first-order valence-electron chi connectivity index (χ1n) is 4.13. The normalized spacial score (nSPS) is 10.5. The summed E-state index contributed by atoms with van der Waals surface area (Å²) >= 11 is 0. The summed E-state index contributed by atoms with van der Waals surface area (Å²) in [6.45, 7) is 1.59. The van der Waals surface area contributed by atoms with Crippen LogP contribution in [0.4, 0.5) is 8.78 Å². The number of hydrogen-bond acceptors (Lipinski definition) is 1. The zero-order valence-electron chi connectivity index (χ0n) is 7.51. The summed E-state index contributed by atoms with van der Waals surface area (Å²) < 4.78 is 26.8. The van der Waals surface area contributed by atoms with Crippen molar-refractivity contribution in [2.75, 3.05) is 0 Å². The highest BCUT2D eigenvalue weighted by molar-refractivity contribution is 5.61. The molecule has 2 aromatic rings. The third kappa shape index (κ3) is 1.28. The maximum Gasteiger partial charge on any atom is 0.138 e. The summed E-state index contributed by atoms with van der Waals surface area (Å²) in [5.41, 5.74) is 0.710. The SMILES string of the molecule is Cc1ccc(F)c(-c2cnc[nH]2)c1F. The fourth-order valence-corrected chi connectivity index (χ4v) is 1.30. The lowest BCUT2D eigenvalue weighted by Crippen LogP contribution is -1.93. The molecule has 0 atom stereocenters. The molecule has 0 saturated carbocycles. The van der Waals surface area contributed by atoms with Crippen LogP contribution in [0.2, 0.25) is 0 Å². The van der Waals surface area contributed by atoms with Crippen LogP contribution < -0.4 is 0 Å². The number of aromatic nitrogens is 2. The largest absolute Gasteiger partial charge is 0.344 e. The molecule has 2 rings (SSSR count). The fraction of sp³-hybridized carbons (Fsp3) is 0.100. The molecule has 0 aliphatic heterocycles. The van der Waals surface area contributed by atoms with Gasteiger partial charge in [-0.15, -0.1) is 0 Å². The number of H-pyrrole nitrogens is 1. The van der Waals surface area contributed by atoms with Gasteiger partial charge in [0, 0.05) is 0 Å². The van der Waals surface area contributed by atoms with Crippen molar-refractivity contribution < 1.29 is 8.78 Å². The van der Waals surface area contributed by atoms with E-state index in [-0.39, 0.29) is 5.56 Å². The number of benzene rings is 1. The van der Waals surface area contributed by atoms with E-state index in [9.17, 15) is 8.78 Å². The van der Waals surface area contributed by atoms with Gasteiger partial charge in [-0.05, 0) is 18.6 Å². The van der Waals surface area contributed by atoms with Gasteiger partial charge in [-0.1, -0.05) is 6.07 Å². The fourth-order valence-electron chi connectivity index (χ4n) is 1.30. The van der Waals surface area contributed by atoms with Crippen LogP contribution in [0.25, 0.3) is 11.3 Å². The van der Waals surface area contributed by atoms with E-state index < -0.39 is 11.6 Å². The van der Waals surface area contributed by atoms with Gasteiger partial charge in [0.2, 0.25) is 0 Å². The number of nitrogens with one attached hydrogen (secondary N) is 1. The van der Waals surface area contributed by atoms with E-state index >= 15 is 0 Å². The minimum atomic E-state index is -0.586. The summed E-state index contributed by atoms with van der Waals surface area (Å²) in [7, 11) is 0. The monoisotopic (exact) mass is 194 g/mol. The summed E-state index contributed by atoms with van der Waals surface area (Å²) in [5.74, 6) is -1.13. The van der Waals surface area contributed by atoms with Crippen LogP contribution >= 0.6 is 0 Å². The third-order valence-electron chi connectivity index (χ3n) is 2.05. The zero-order chi connectivity index (χ0) is 10.1. The van der Waals surface area contributed by atoms with Gasteiger partial charge in [-0.3, -0.25) is 0 Å². The second kappa shape index (κ2) is 3.21. The summed E-state index contributed by atoms with van der Waals surface area (Å²) in [5, 5.41) is 0. The second-order valence-corrected chi connectivity index (χ2v) is 3.02. The van der Waals surface area contributed by atoms with Gasteiger partial charge in [0.25, 0.3) is 0 Å². The number of nitrogens with zero attached hydrogens (tertiary/aromatic N) is 1. The van der Waals surface area contributed by atoms with Crippen molar-refractivity contribution in [3.05, 3.63) is 41.9 Å². The average molecular weight is 194 g/mol. The Morgan fingerprint density at radius 1 is 1.29 bits per heavy atom. The van der Waals surface area contributed by atoms with Gasteiger partial charge < -0.3 is 4.98 Å². The van der Waals surface area contributed by atoms with Crippen molar-refractivity contribution in [2.24, 2.45) is 0 Å². The molecule has 1 heterocycles. The predicted molar refractivity (Wildman–Crippen MR) is 48.7 cm³/mol. The standard InChI is InChI=1S/C10H8F2N2/c1-6-2-3-7(11)9(10(6)12)8-4-13-5-14-8/h2-5H,1H3,(H,13,14). The van der Waals surface area contributed by atoms with Crippen LogP contribution in [0.5, 0.6) is 0 Å². The molecule has 0 aliphatic rings. The Hall–Kier alpha value is -1.71. The van der Waals surface area contributed by atoms with Crippen molar-refractivity contribution in [1.82, 2.24) is 9.97 Å². The molecule has 0 spiro atoms. The molecule has 0 aliphatic carbocycles. The van der Waals surface area contributed by atoms with Gasteiger partial charge in [0.05, 0.1) is 23.8 Å². The summed E-state index contributed by atoms with van der Waals surface area (Å²) in [6.07, 6.45) is 2.78. The van der Waals surface area contributed by atoms with E-state index in [4.69, 9.17) is 0 Å². The molecular weight excluding hydrogens is 186 g/mol. The van der Waals surface area contributed by atoms with E-state index in [1.54, 1.807) is 6.92 Å². The Morgan fingerprint density at radius 3 is 2.71 bits per heavy atom. The van der Waals surface area contributed by atoms with Crippen LogP contribution in [-0.4, -0.2) is 9.97 Å². The predicted octanol–water partition coefficient (Wildman–Crippen LogP) is 2.66. The van der Waals surface area contributed by atoms with Gasteiger partial charge in [0.1, 0.15) is 11.6 Å². The molecule has 0 saturated heterocycles. The first kappa shape index (κ1) is 8.87. The molecule has 0 bridgehead atoms. The topological polar surface area (TPSA) is 28.7 Å². The molecule has 14 heavy (non-hydrogen) atoms. The van der Waals surface area contributed by atoms with Crippen LogP contribution in [-0.2, 0) is 0 Å². The minimum absolute atomic E-state index is 0.0532. The first-order chi connectivity index (χ1) is 6.70. The first-order valence-corrected chi connectivity index (χ1v) is 4.13. The summed E-state index contributed by atoms with van der Waals surface area (Å²) in [6, 6.07) is 2.65. The lowest BCUT2D eigenvalue weighted by molar-refractivity contribution is 0.583. The number of rotatable bonds is 1. The average Bonchev–Trinajstić information content (AvgIpc) is 2.65. The van der Waals surface area contributed by atoms with E-state index in [0.717, 1.165) is 0 Å². The summed E-state index contributed by atoms with van der Waals surface area (Å²) in [4.78, 5) is 6.39. The van der Waals surface area contributed by atoms with E-state index in [1.165, 1.54) is 24.7 Å². The quantitative estimate of drug-likeness (QED) is 0.742. The zero-order valence-corrected chi connectivity index (χ0v) is 7.51. The molecule has 0 fully saturated rings. The number of hydrogen-bond donors (Lipinski definition) is 1. The van der Waals surface area contributed by atoms with Crippen LogP contribution in [0, 0.1) is 18.6 Å². The number of aryl methyl sites for hydroxylation is 1. The molecule has 2 nitrogen and oxygen atoms in total. The maximum atomic E-state index is 13.5. The molecular formula is C10H8F2N2. The van der Waals surface area contributed by atoms with Gasteiger partial charge in [-0.25, -0.2) is 13.8 Å². The van der Waals surface area contributed by atoms with Crippen LogP contribution in [0.15, 0.2) is 24.7 Å². The molecule has 4 heteroatoms. The Balaban J connectivity index is 2.69. The Morgan fingerprint density at radius 2 is 2.07 bits per heavy atom. The molecule has 0 radical (unpaired) electrons. The van der Waals surface area contributed by atoms with Crippen molar-refractivity contribution in [3.8, 4) is 11.3 Å². The molecule has 0 amide bonds. The maximum absolute atomic E-state index is 13.5. The third-order valence-corrected chi connectivity index (χ3v) is 2.05. The highest BCUT2D eigenvalue weighted by Crippen LogP contribution is 2.25. The molecule has 1 aromatic carbocycles. The highest BCUT2D eigenvalue weighted by Gasteiger charge is 2.13. The van der Waals surface area contributed by atoms with Crippen LogP contribution in [0.1, 0.15) is 5.56 Å². The number of halogens is 2. The van der Waals surface area contributed by atoms with Crippen molar-refractivity contribution in [1.29, 1.82) is 0 Å². The Labute approximate surface area is 79.6 Å². The van der Waals surface area contributed by atoms with E-state index in [0.29, 0.717) is 11.3 Å². The van der Waals surface area contributed by atoms with Crippen molar-refractivity contribution in [3.63, 3.8) is 0 Å².